The fourth-order valence-corrected chi connectivity index (χ4v) is 3.25. The van der Waals surface area contributed by atoms with Crippen molar-refractivity contribution in [1.82, 2.24) is 9.88 Å². The quantitative estimate of drug-likeness (QED) is 0.819. The molecule has 7 nitrogen and oxygen atoms in total. The molecule has 1 atom stereocenters. The molecule has 0 spiro atoms. The van der Waals surface area contributed by atoms with Crippen LogP contribution in [0.15, 0.2) is 42.6 Å². The maximum absolute atomic E-state index is 12.7. The predicted octanol–water partition coefficient (Wildman–Crippen LogP) is 1.83. The van der Waals surface area contributed by atoms with Crippen molar-refractivity contribution < 1.29 is 19.0 Å². The average Bonchev–Trinajstić information content (AvgIpc) is 2.74. The highest BCUT2D eigenvalue weighted by molar-refractivity contribution is 5.94. The van der Waals surface area contributed by atoms with Crippen molar-refractivity contribution in [3.05, 3.63) is 48.2 Å². The van der Waals surface area contributed by atoms with Gasteiger partial charge >= 0.3 is 0 Å². The maximum Gasteiger partial charge on any atom is 0.255 e. The molecular formula is C20H23N3O4. The molecule has 2 aliphatic heterocycles. The molecule has 27 heavy (non-hydrogen) atoms. The second-order valence-electron chi connectivity index (χ2n) is 6.69. The van der Waals surface area contributed by atoms with Gasteiger partial charge in [0.2, 0.25) is 0 Å². The van der Waals surface area contributed by atoms with Gasteiger partial charge in [-0.15, -0.1) is 0 Å². The van der Waals surface area contributed by atoms with Crippen LogP contribution >= 0.6 is 0 Å². The normalized spacial score (nSPS) is 18.9. The molecule has 0 radical (unpaired) electrons. The number of aromatic nitrogens is 1. The molecular weight excluding hydrogens is 346 g/mol. The van der Waals surface area contributed by atoms with E-state index in [0.29, 0.717) is 37.7 Å². The Bertz CT molecular complexity index is 790. The number of ether oxygens (including phenoxy) is 3. The number of hydrogen-bond acceptors (Lipinski definition) is 6. The van der Waals surface area contributed by atoms with E-state index < -0.39 is 0 Å². The molecule has 1 aromatic heterocycles. The van der Waals surface area contributed by atoms with Gasteiger partial charge in [0, 0.05) is 26.3 Å². The third kappa shape index (κ3) is 3.98. The maximum atomic E-state index is 12.7. The van der Waals surface area contributed by atoms with Gasteiger partial charge in [0.05, 0.1) is 25.3 Å². The molecule has 4 rings (SSSR count). The summed E-state index contributed by atoms with van der Waals surface area (Å²) in [5, 5.41) is 0. The Kier molecular flexibility index (Phi) is 5.11. The van der Waals surface area contributed by atoms with Crippen LogP contribution in [0.25, 0.3) is 0 Å². The third-order valence-electron chi connectivity index (χ3n) is 4.72. The Hall–Kier alpha value is -2.80. The number of hydrogen-bond donors (Lipinski definition) is 0. The summed E-state index contributed by atoms with van der Waals surface area (Å²) in [4.78, 5) is 21.0. The Labute approximate surface area is 158 Å². The Morgan fingerprint density at radius 3 is 2.70 bits per heavy atom. The molecule has 0 saturated carbocycles. The zero-order valence-corrected chi connectivity index (χ0v) is 15.3. The lowest BCUT2D eigenvalue weighted by Crippen LogP contribution is -2.41. The standard InChI is InChI=1S/C20H23N3O4/c1-22(13-16-14-26-17-4-2-3-5-18(17)27-16)20(24)15-6-7-19(21-12-15)23-8-10-25-11-9-23/h2-7,12,16H,8-11,13-14H2,1H3. The average molecular weight is 369 g/mol. The first-order valence-electron chi connectivity index (χ1n) is 9.13. The number of likely N-dealkylation sites (N-methyl/N-ethyl adjacent to an activating group) is 1. The first-order chi connectivity index (χ1) is 13.2. The van der Waals surface area contributed by atoms with Crippen LogP contribution in [0.1, 0.15) is 10.4 Å². The molecule has 142 valence electrons. The van der Waals surface area contributed by atoms with Gasteiger partial charge in [0.25, 0.3) is 5.91 Å². The fourth-order valence-electron chi connectivity index (χ4n) is 3.25. The summed E-state index contributed by atoms with van der Waals surface area (Å²) in [5.74, 6) is 2.24. The number of carbonyl (C=O) groups excluding carboxylic acids is 1. The van der Waals surface area contributed by atoms with E-state index in [1.54, 1.807) is 18.1 Å². The number of rotatable bonds is 4. The van der Waals surface area contributed by atoms with Gasteiger partial charge in [-0.3, -0.25) is 4.79 Å². The van der Waals surface area contributed by atoms with E-state index in [1.165, 1.54) is 0 Å². The summed E-state index contributed by atoms with van der Waals surface area (Å²) in [5.41, 5.74) is 0.562. The van der Waals surface area contributed by atoms with Gasteiger partial charge in [0.1, 0.15) is 12.4 Å². The van der Waals surface area contributed by atoms with Crippen LogP contribution in [0, 0.1) is 0 Å². The minimum atomic E-state index is -0.200. The molecule has 0 bridgehead atoms. The zero-order valence-electron chi connectivity index (χ0n) is 15.3. The van der Waals surface area contributed by atoms with Crippen LogP contribution < -0.4 is 14.4 Å². The van der Waals surface area contributed by atoms with Crippen LogP contribution in [-0.2, 0) is 4.74 Å². The van der Waals surface area contributed by atoms with Crippen LogP contribution in [-0.4, -0.2) is 68.4 Å². The molecule has 2 aromatic rings. The molecule has 2 aliphatic rings. The number of carbonyl (C=O) groups is 1. The topological polar surface area (TPSA) is 64.1 Å². The fraction of sp³-hybridized carbons (Fsp3) is 0.400. The van der Waals surface area contributed by atoms with E-state index in [0.717, 1.165) is 24.7 Å². The van der Waals surface area contributed by atoms with Gasteiger partial charge in [-0.25, -0.2) is 4.98 Å². The van der Waals surface area contributed by atoms with E-state index in [4.69, 9.17) is 14.2 Å². The van der Waals surface area contributed by atoms with Crippen LogP contribution in [0.3, 0.4) is 0 Å². The minimum absolute atomic E-state index is 0.0847. The van der Waals surface area contributed by atoms with Crippen molar-refractivity contribution in [2.45, 2.75) is 6.10 Å². The first-order valence-corrected chi connectivity index (χ1v) is 9.13. The highest BCUT2D eigenvalue weighted by Crippen LogP contribution is 2.31. The number of para-hydroxylation sites is 2. The summed E-state index contributed by atoms with van der Waals surface area (Å²) in [6.07, 6.45) is 1.44. The molecule has 1 saturated heterocycles. The van der Waals surface area contributed by atoms with Gasteiger partial charge in [-0.05, 0) is 24.3 Å². The van der Waals surface area contributed by atoms with Crippen molar-refractivity contribution in [3.8, 4) is 11.5 Å². The molecule has 1 amide bonds. The molecule has 1 unspecified atom stereocenters. The number of benzene rings is 1. The van der Waals surface area contributed by atoms with Crippen LogP contribution in [0.2, 0.25) is 0 Å². The molecule has 0 aliphatic carbocycles. The lowest BCUT2D eigenvalue weighted by molar-refractivity contribution is 0.0520. The van der Waals surface area contributed by atoms with Crippen molar-refractivity contribution in [2.75, 3.05) is 51.4 Å². The summed E-state index contributed by atoms with van der Waals surface area (Å²) in [7, 11) is 1.77. The molecule has 0 N–H and O–H groups in total. The van der Waals surface area contributed by atoms with E-state index >= 15 is 0 Å². The summed E-state index contributed by atoms with van der Waals surface area (Å²) >= 11 is 0. The van der Waals surface area contributed by atoms with Gasteiger partial charge in [-0.1, -0.05) is 12.1 Å². The number of fused-ring (bicyclic) bond motifs is 1. The van der Waals surface area contributed by atoms with Crippen molar-refractivity contribution in [1.29, 1.82) is 0 Å². The number of morpholine rings is 1. The van der Waals surface area contributed by atoms with E-state index in [9.17, 15) is 4.79 Å². The number of nitrogens with zero attached hydrogens (tertiary/aromatic N) is 3. The van der Waals surface area contributed by atoms with Crippen LogP contribution in [0.5, 0.6) is 11.5 Å². The van der Waals surface area contributed by atoms with Crippen molar-refractivity contribution in [3.63, 3.8) is 0 Å². The van der Waals surface area contributed by atoms with Gasteiger partial charge in [0.15, 0.2) is 17.6 Å². The van der Waals surface area contributed by atoms with Gasteiger partial charge < -0.3 is 24.0 Å². The molecule has 7 heteroatoms. The largest absolute Gasteiger partial charge is 0.486 e. The second kappa shape index (κ2) is 7.84. The minimum Gasteiger partial charge on any atom is -0.486 e. The zero-order chi connectivity index (χ0) is 18.6. The number of amides is 1. The lowest BCUT2D eigenvalue weighted by atomic mass is 10.2. The summed E-state index contributed by atoms with van der Waals surface area (Å²) in [6.45, 7) is 3.91. The molecule has 1 fully saturated rings. The van der Waals surface area contributed by atoms with E-state index in [2.05, 4.69) is 9.88 Å². The van der Waals surface area contributed by atoms with Gasteiger partial charge in [-0.2, -0.15) is 0 Å². The summed E-state index contributed by atoms with van der Waals surface area (Å²) < 4.78 is 17.0. The number of anilines is 1. The van der Waals surface area contributed by atoms with E-state index in [1.807, 2.05) is 36.4 Å². The van der Waals surface area contributed by atoms with Crippen molar-refractivity contribution in [2.24, 2.45) is 0 Å². The Morgan fingerprint density at radius 2 is 1.96 bits per heavy atom. The second-order valence-corrected chi connectivity index (χ2v) is 6.69. The smallest absolute Gasteiger partial charge is 0.255 e. The van der Waals surface area contributed by atoms with Crippen molar-refractivity contribution >= 4 is 11.7 Å². The van der Waals surface area contributed by atoms with Crippen LogP contribution in [0.4, 0.5) is 5.82 Å². The summed E-state index contributed by atoms with van der Waals surface area (Å²) in [6, 6.07) is 11.3. The number of pyridine rings is 1. The Balaban J connectivity index is 1.36. The SMILES string of the molecule is CN(CC1COc2ccccc2O1)C(=O)c1ccc(N2CCOCC2)nc1. The molecule has 3 heterocycles. The molecule has 1 aromatic carbocycles. The first kappa shape index (κ1) is 17.6. The van der Waals surface area contributed by atoms with E-state index in [-0.39, 0.29) is 12.0 Å². The highest BCUT2D eigenvalue weighted by atomic mass is 16.6. The third-order valence-corrected chi connectivity index (χ3v) is 4.72. The highest BCUT2D eigenvalue weighted by Gasteiger charge is 2.24. The monoisotopic (exact) mass is 369 g/mol. The Morgan fingerprint density at radius 1 is 1.19 bits per heavy atom. The predicted molar refractivity (Wildman–Crippen MR) is 101 cm³/mol. The lowest BCUT2D eigenvalue weighted by Gasteiger charge is -2.30.